The van der Waals surface area contributed by atoms with Crippen LogP contribution in [0.5, 0.6) is 5.88 Å². The number of rotatable bonds is 3. The highest BCUT2D eigenvalue weighted by molar-refractivity contribution is 5.91. The van der Waals surface area contributed by atoms with Gasteiger partial charge in [0.1, 0.15) is 5.69 Å². The first kappa shape index (κ1) is 14.4. The Morgan fingerprint density at radius 2 is 2.41 bits per heavy atom. The average molecular weight is 302 g/mol. The molecular formula is C15H18N4O3. The average Bonchev–Trinajstić information content (AvgIpc) is 3.16. The molecule has 1 atom stereocenters. The van der Waals surface area contributed by atoms with Gasteiger partial charge in [-0.05, 0) is 31.9 Å². The molecule has 0 saturated carbocycles. The standard InChI is InChI=1S/C15H18N4O3/c1-10-9-13(22-18-10)12-6-4-8-19(12)15(20)17-11-5-3-7-16-14(11)21-2/h3,5,7,9,12H,4,6,8H2,1-2H3,(H,17,20)/t12-/m1/s1. The summed E-state index contributed by atoms with van der Waals surface area (Å²) in [5.41, 5.74) is 1.37. The number of anilines is 1. The van der Waals surface area contributed by atoms with E-state index in [4.69, 9.17) is 9.26 Å². The number of urea groups is 1. The van der Waals surface area contributed by atoms with Crippen molar-refractivity contribution < 1.29 is 14.1 Å². The molecule has 0 aliphatic carbocycles. The molecule has 7 nitrogen and oxygen atoms in total. The van der Waals surface area contributed by atoms with Crippen molar-refractivity contribution in [3.05, 3.63) is 35.9 Å². The number of aryl methyl sites for hydroxylation is 1. The number of carbonyl (C=O) groups is 1. The number of nitrogens with zero attached hydrogens (tertiary/aromatic N) is 3. The van der Waals surface area contributed by atoms with Crippen molar-refractivity contribution in [3.63, 3.8) is 0 Å². The predicted octanol–water partition coefficient (Wildman–Crippen LogP) is 2.76. The zero-order valence-electron chi connectivity index (χ0n) is 12.6. The number of carbonyl (C=O) groups excluding carboxylic acids is 1. The third-order valence-corrected chi connectivity index (χ3v) is 3.69. The number of amides is 2. The van der Waals surface area contributed by atoms with Gasteiger partial charge in [0.25, 0.3) is 0 Å². The van der Waals surface area contributed by atoms with Crippen molar-refractivity contribution in [2.75, 3.05) is 19.0 Å². The quantitative estimate of drug-likeness (QED) is 0.943. The van der Waals surface area contributed by atoms with Crippen LogP contribution in [0.1, 0.15) is 30.3 Å². The Balaban J connectivity index is 1.76. The minimum absolute atomic E-state index is 0.0798. The van der Waals surface area contributed by atoms with Gasteiger partial charge in [-0.1, -0.05) is 5.16 Å². The number of ether oxygens (including phenoxy) is 1. The van der Waals surface area contributed by atoms with Crippen molar-refractivity contribution in [3.8, 4) is 5.88 Å². The summed E-state index contributed by atoms with van der Waals surface area (Å²) in [7, 11) is 1.52. The molecule has 3 heterocycles. The van der Waals surface area contributed by atoms with E-state index in [0.717, 1.165) is 24.3 Å². The Labute approximate surface area is 128 Å². The second-order valence-electron chi connectivity index (χ2n) is 5.21. The zero-order valence-corrected chi connectivity index (χ0v) is 12.6. The first-order chi connectivity index (χ1) is 10.7. The maximum Gasteiger partial charge on any atom is 0.322 e. The lowest BCUT2D eigenvalue weighted by Crippen LogP contribution is -2.34. The molecule has 1 fully saturated rings. The van der Waals surface area contributed by atoms with Crippen LogP contribution in [0.25, 0.3) is 0 Å². The third-order valence-electron chi connectivity index (χ3n) is 3.69. The van der Waals surface area contributed by atoms with Crippen LogP contribution < -0.4 is 10.1 Å². The Morgan fingerprint density at radius 1 is 1.55 bits per heavy atom. The highest BCUT2D eigenvalue weighted by atomic mass is 16.5. The van der Waals surface area contributed by atoms with Gasteiger partial charge in [0.15, 0.2) is 5.76 Å². The van der Waals surface area contributed by atoms with Gasteiger partial charge >= 0.3 is 6.03 Å². The molecule has 3 rings (SSSR count). The molecule has 116 valence electrons. The van der Waals surface area contributed by atoms with Crippen LogP contribution >= 0.6 is 0 Å². The van der Waals surface area contributed by atoms with E-state index in [1.807, 2.05) is 13.0 Å². The minimum Gasteiger partial charge on any atom is -0.480 e. The van der Waals surface area contributed by atoms with Gasteiger partial charge in [-0.2, -0.15) is 0 Å². The molecule has 1 N–H and O–H groups in total. The minimum atomic E-state index is -0.192. The lowest BCUT2D eigenvalue weighted by molar-refractivity contribution is 0.195. The van der Waals surface area contributed by atoms with E-state index in [-0.39, 0.29) is 12.1 Å². The number of pyridine rings is 1. The van der Waals surface area contributed by atoms with Gasteiger partial charge in [-0.15, -0.1) is 0 Å². The van der Waals surface area contributed by atoms with Crippen LogP contribution in [0, 0.1) is 6.92 Å². The van der Waals surface area contributed by atoms with Crippen LogP contribution in [-0.4, -0.2) is 34.7 Å². The van der Waals surface area contributed by atoms with E-state index in [9.17, 15) is 4.79 Å². The van der Waals surface area contributed by atoms with Crippen LogP contribution in [0.2, 0.25) is 0 Å². The van der Waals surface area contributed by atoms with Crippen LogP contribution in [0.3, 0.4) is 0 Å². The summed E-state index contributed by atoms with van der Waals surface area (Å²) in [5.74, 6) is 1.12. The zero-order chi connectivity index (χ0) is 15.5. The molecule has 1 aliphatic rings. The van der Waals surface area contributed by atoms with Gasteiger partial charge in [-0.3, -0.25) is 0 Å². The summed E-state index contributed by atoms with van der Waals surface area (Å²) in [4.78, 5) is 18.4. The van der Waals surface area contributed by atoms with Crippen molar-refractivity contribution >= 4 is 11.7 Å². The Kier molecular flexibility index (Phi) is 3.95. The summed E-state index contributed by atoms with van der Waals surface area (Å²) < 4.78 is 10.5. The first-order valence-electron chi connectivity index (χ1n) is 7.19. The Morgan fingerprint density at radius 3 is 3.14 bits per heavy atom. The van der Waals surface area contributed by atoms with E-state index in [1.165, 1.54) is 7.11 Å². The second kappa shape index (κ2) is 6.05. The van der Waals surface area contributed by atoms with E-state index >= 15 is 0 Å². The summed E-state index contributed by atoms with van der Waals surface area (Å²) in [6, 6.07) is 5.11. The normalized spacial score (nSPS) is 17.5. The fourth-order valence-corrected chi connectivity index (χ4v) is 2.68. The number of methoxy groups -OCH3 is 1. The Hall–Kier alpha value is -2.57. The number of nitrogens with one attached hydrogen (secondary N) is 1. The highest BCUT2D eigenvalue weighted by Gasteiger charge is 2.33. The fourth-order valence-electron chi connectivity index (χ4n) is 2.68. The Bertz CT molecular complexity index is 670. The van der Waals surface area contributed by atoms with Crippen LogP contribution in [0.15, 0.2) is 28.9 Å². The molecule has 2 amide bonds. The van der Waals surface area contributed by atoms with Crippen LogP contribution in [-0.2, 0) is 0 Å². The number of likely N-dealkylation sites (tertiary alicyclic amines) is 1. The highest BCUT2D eigenvalue weighted by Crippen LogP contribution is 2.33. The maximum absolute atomic E-state index is 12.5. The van der Waals surface area contributed by atoms with E-state index < -0.39 is 0 Å². The molecular weight excluding hydrogens is 284 g/mol. The topological polar surface area (TPSA) is 80.5 Å². The molecule has 1 aliphatic heterocycles. The number of aromatic nitrogens is 2. The summed E-state index contributed by atoms with van der Waals surface area (Å²) in [6.07, 6.45) is 3.42. The number of hydrogen-bond donors (Lipinski definition) is 1. The van der Waals surface area contributed by atoms with E-state index in [1.54, 1.807) is 23.2 Å². The van der Waals surface area contributed by atoms with Crippen molar-refractivity contribution in [2.24, 2.45) is 0 Å². The van der Waals surface area contributed by atoms with Gasteiger partial charge in [0.2, 0.25) is 5.88 Å². The van der Waals surface area contributed by atoms with Crippen molar-refractivity contribution in [1.29, 1.82) is 0 Å². The smallest absolute Gasteiger partial charge is 0.322 e. The van der Waals surface area contributed by atoms with Gasteiger partial charge in [0, 0.05) is 18.8 Å². The maximum atomic E-state index is 12.5. The summed E-state index contributed by atoms with van der Waals surface area (Å²) in [5, 5.41) is 6.75. The largest absolute Gasteiger partial charge is 0.480 e. The first-order valence-corrected chi connectivity index (χ1v) is 7.19. The van der Waals surface area contributed by atoms with Gasteiger partial charge < -0.3 is 19.5 Å². The lowest BCUT2D eigenvalue weighted by atomic mass is 10.1. The molecule has 0 radical (unpaired) electrons. The van der Waals surface area contributed by atoms with Gasteiger partial charge in [0.05, 0.1) is 18.8 Å². The molecule has 0 bridgehead atoms. The van der Waals surface area contributed by atoms with Crippen molar-refractivity contribution in [2.45, 2.75) is 25.8 Å². The molecule has 0 unspecified atom stereocenters. The fraction of sp³-hybridized carbons (Fsp3) is 0.400. The predicted molar refractivity (Wildman–Crippen MR) is 79.7 cm³/mol. The second-order valence-corrected chi connectivity index (χ2v) is 5.21. The van der Waals surface area contributed by atoms with Crippen LogP contribution in [0.4, 0.5) is 10.5 Å². The van der Waals surface area contributed by atoms with Gasteiger partial charge in [-0.25, -0.2) is 9.78 Å². The number of hydrogen-bond acceptors (Lipinski definition) is 5. The molecule has 22 heavy (non-hydrogen) atoms. The molecule has 2 aromatic rings. The van der Waals surface area contributed by atoms with Crippen molar-refractivity contribution in [1.82, 2.24) is 15.0 Å². The SMILES string of the molecule is COc1ncccc1NC(=O)N1CCC[C@@H]1c1cc(C)no1. The monoisotopic (exact) mass is 302 g/mol. The summed E-state index contributed by atoms with van der Waals surface area (Å²) in [6.45, 7) is 2.55. The molecule has 2 aromatic heterocycles. The summed E-state index contributed by atoms with van der Waals surface area (Å²) >= 11 is 0. The molecule has 0 aromatic carbocycles. The molecule has 7 heteroatoms. The third kappa shape index (κ3) is 2.74. The molecule has 0 spiro atoms. The molecule has 1 saturated heterocycles. The lowest BCUT2D eigenvalue weighted by Gasteiger charge is -2.23. The van der Waals surface area contributed by atoms with E-state index in [0.29, 0.717) is 18.1 Å². The van der Waals surface area contributed by atoms with E-state index in [2.05, 4.69) is 15.5 Å².